The van der Waals surface area contributed by atoms with Gasteiger partial charge in [0.05, 0.1) is 0 Å². The van der Waals surface area contributed by atoms with Crippen LogP contribution in [0.5, 0.6) is 11.5 Å². The van der Waals surface area contributed by atoms with Crippen LogP contribution in [0.25, 0.3) is 0 Å². The van der Waals surface area contributed by atoms with Gasteiger partial charge in [0, 0.05) is 12.1 Å². The average Bonchev–Trinajstić information content (AvgIpc) is 2.43. The van der Waals surface area contributed by atoms with Crippen molar-refractivity contribution in [1.82, 2.24) is 5.32 Å². The Hall–Kier alpha value is -1.94. The largest absolute Gasteiger partial charge is 0.454 e. The molecule has 0 aliphatic heterocycles. The molecular formula is C16H17F2NO. The molecule has 0 aliphatic rings. The van der Waals surface area contributed by atoms with E-state index in [-0.39, 0.29) is 11.6 Å². The quantitative estimate of drug-likeness (QED) is 0.885. The van der Waals surface area contributed by atoms with E-state index in [0.29, 0.717) is 30.0 Å². The highest BCUT2D eigenvalue weighted by atomic mass is 19.1. The third-order valence-electron chi connectivity index (χ3n) is 3.00. The zero-order chi connectivity index (χ0) is 14.5. The summed E-state index contributed by atoms with van der Waals surface area (Å²) in [6.07, 6.45) is 0. The molecule has 0 aliphatic carbocycles. The minimum atomic E-state index is -0.425. The highest BCUT2D eigenvalue weighted by molar-refractivity contribution is 5.40. The predicted octanol–water partition coefficient (Wildman–Crippen LogP) is 4.18. The third-order valence-corrected chi connectivity index (χ3v) is 3.00. The molecule has 0 radical (unpaired) electrons. The van der Waals surface area contributed by atoms with Gasteiger partial charge in [-0.1, -0.05) is 25.1 Å². The van der Waals surface area contributed by atoms with Crippen LogP contribution in [0.4, 0.5) is 8.78 Å². The Morgan fingerprint density at radius 1 is 1.05 bits per heavy atom. The maximum Gasteiger partial charge on any atom is 0.168 e. The summed E-state index contributed by atoms with van der Waals surface area (Å²) in [5.41, 5.74) is 0.891. The van der Waals surface area contributed by atoms with Gasteiger partial charge in [0.25, 0.3) is 0 Å². The minimum absolute atomic E-state index is 0.105. The summed E-state index contributed by atoms with van der Waals surface area (Å²) in [6, 6.07) is 9.45. The molecule has 0 aromatic heterocycles. The Bertz CT molecular complexity index is 599. The molecule has 106 valence electrons. The minimum Gasteiger partial charge on any atom is -0.454 e. The van der Waals surface area contributed by atoms with Crippen molar-refractivity contribution in [2.24, 2.45) is 0 Å². The fourth-order valence-corrected chi connectivity index (χ4v) is 1.87. The molecule has 0 spiro atoms. The number of nitrogens with one attached hydrogen (secondary N) is 1. The van der Waals surface area contributed by atoms with Crippen molar-refractivity contribution in [3.05, 3.63) is 59.2 Å². The first kappa shape index (κ1) is 14.5. The van der Waals surface area contributed by atoms with Gasteiger partial charge in [-0.05, 0) is 37.2 Å². The van der Waals surface area contributed by atoms with Crippen molar-refractivity contribution in [1.29, 1.82) is 0 Å². The second-order valence-electron chi connectivity index (χ2n) is 4.49. The summed E-state index contributed by atoms with van der Waals surface area (Å²) in [6.45, 7) is 4.65. The standard InChI is InChI=1S/C16H17F2NO/c1-3-19-10-12-13(17)7-5-8-14(12)20-15-9-4-6-11(2)16(15)18/h4-9,19H,3,10H2,1-2H3. The first-order chi connectivity index (χ1) is 9.63. The maximum absolute atomic E-state index is 13.9. The van der Waals surface area contributed by atoms with Crippen LogP contribution in [0, 0.1) is 18.6 Å². The van der Waals surface area contributed by atoms with Gasteiger partial charge in [0.2, 0.25) is 0 Å². The monoisotopic (exact) mass is 277 g/mol. The second-order valence-corrected chi connectivity index (χ2v) is 4.49. The molecule has 0 amide bonds. The van der Waals surface area contributed by atoms with Gasteiger partial charge in [-0.3, -0.25) is 0 Å². The zero-order valence-electron chi connectivity index (χ0n) is 11.5. The molecule has 20 heavy (non-hydrogen) atoms. The maximum atomic E-state index is 13.9. The normalized spacial score (nSPS) is 10.6. The lowest BCUT2D eigenvalue weighted by molar-refractivity contribution is 0.428. The summed E-state index contributed by atoms with van der Waals surface area (Å²) in [4.78, 5) is 0. The van der Waals surface area contributed by atoms with Crippen molar-refractivity contribution in [3.63, 3.8) is 0 Å². The van der Waals surface area contributed by atoms with E-state index >= 15 is 0 Å². The van der Waals surface area contributed by atoms with Crippen LogP contribution in [0.2, 0.25) is 0 Å². The van der Waals surface area contributed by atoms with E-state index in [0.717, 1.165) is 0 Å². The highest BCUT2D eigenvalue weighted by Crippen LogP contribution is 2.30. The van der Waals surface area contributed by atoms with Crippen molar-refractivity contribution < 1.29 is 13.5 Å². The van der Waals surface area contributed by atoms with Crippen LogP contribution >= 0.6 is 0 Å². The summed E-state index contributed by atoms with van der Waals surface area (Å²) < 4.78 is 33.3. The van der Waals surface area contributed by atoms with E-state index in [9.17, 15) is 8.78 Å². The van der Waals surface area contributed by atoms with Crippen LogP contribution < -0.4 is 10.1 Å². The van der Waals surface area contributed by atoms with Crippen molar-refractivity contribution in [3.8, 4) is 11.5 Å². The number of hydrogen-bond donors (Lipinski definition) is 1. The molecule has 2 aromatic carbocycles. The van der Waals surface area contributed by atoms with Crippen molar-refractivity contribution in [2.45, 2.75) is 20.4 Å². The van der Waals surface area contributed by atoms with Gasteiger partial charge >= 0.3 is 0 Å². The van der Waals surface area contributed by atoms with Gasteiger partial charge in [0.15, 0.2) is 11.6 Å². The molecule has 0 unspecified atom stereocenters. The Labute approximate surface area is 117 Å². The molecule has 0 saturated heterocycles. The van der Waals surface area contributed by atoms with Crippen LogP contribution in [0.1, 0.15) is 18.1 Å². The molecule has 0 atom stereocenters. The SMILES string of the molecule is CCNCc1c(F)cccc1Oc1cccc(C)c1F. The topological polar surface area (TPSA) is 21.3 Å². The van der Waals surface area contributed by atoms with Crippen molar-refractivity contribution in [2.75, 3.05) is 6.54 Å². The average molecular weight is 277 g/mol. The molecule has 0 fully saturated rings. The Kier molecular flexibility index (Phi) is 4.69. The summed E-state index contributed by atoms with van der Waals surface area (Å²) in [5, 5.41) is 3.04. The summed E-state index contributed by atoms with van der Waals surface area (Å²) >= 11 is 0. The van der Waals surface area contributed by atoms with Gasteiger partial charge in [-0.25, -0.2) is 8.78 Å². The lowest BCUT2D eigenvalue weighted by Gasteiger charge is -2.13. The summed E-state index contributed by atoms with van der Waals surface area (Å²) in [7, 11) is 0. The fraction of sp³-hybridized carbons (Fsp3) is 0.250. The number of halogens is 2. The second kappa shape index (κ2) is 6.48. The van der Waals surface area contributed by atoms with E-state index in [1.54, 1.807) is 31.2 Å². The van der Waals surface area contributed by atoms with Crippen molar-refractivity contribution >= 4 is 0 Å². The Morgan fingerprint density at radius 2 is 1.75 bits per heavy atom. The van der Waals surface area contributed by atoms with Gasteiger partial charge in [-0.15, -0.1) is 0 Å². The molecular weight excluding hydrogens is 260 g/mol. The fourth-order valence-electron chi connectivity index (χ4n) is 1.87. The van der Waals surface area contributed by atoms with E-state index in [2.05, 4.69) is 5.32 Å². The smallest absolute Gasteiger partial charge is 0.168 e. The Morgan fingerprint density at radius 3 is 2.50 bits per heavy atom. The number of ether oxygens (including phenoxy) is 1. The molecule has 2 rings (SSSR count). The molecule has 2 aromatic rings. The van der Waals surface area contributed by atoms with Crippen LogP contribution in [0.15, 0.2) is 36.4 Å². The zero-order valence-corrected chi connectivity index (χ0v) is 11.5. The predicted molar refractivity (Wildman–Crippen MR) is 75.0 cm³/mol. The molecule has 1 N–H and O–H groups in total. The first-order valence-corrected chi connectivity index (χ1v) is 6.54. The Balaban J connectivity index is 2.33. The number of rotatable bonds is 5. The highest BCUT2D eigenvalue weighted by Gasteiger charge is 2.13. The molecule has 2 nitrogen and oxygen atoms in total. The first-order valence-electron chi connectivity index (χ1n) is 6.54. The molecule has 0 saturated carbocycles. The molecule has 4 heteroatoms. The number of aryl methyl sites for hydroxylation is 1. The van der Waals surface area contributed by atoms with E-state index in [1.807, 2.05) is 6.92 Å². The van der Waals surface area contributed by atoms with Gasteiger partial charge in [-0.2, -0.15) is 0 Å². The molecule has 0 bridgehead atoms. The van der Waals surface area contributed by atoms with E-state index in [1.165, 1.54) is 12.1 Å². The van der Waals surface area contributed by atoms with Crippen LogP contribution in [0.3, 0.4) is 0 Å². The molecule has 0 heterocycles. The van der Waals surface area contributed by atoms with Crippen LogP contribution in [-0.2, 0) is 6.54 Å². The van der Waals surface area contributed by atoms with Gasteiger partial charge < -0.3 is 10.1 Å². The number of benzene rings is 2. The van der Waals surface area contributed by atoms with E-state index < -0.39 is 5.82 Å². The lowest BCUT2D eigenvalue weighted by atomic mass is 10.1. The van der Waals surface area contributed by atoms with Gasteiger partial charge in [0.1, 0.15) is 11.6 Å². The number of hydrogen-bond acceptors (Lipinski definition) is 2. The lowest BCUT2D eigenvalue weighted by Crippen LogP contribution is -2.13. The third kappa shape index (κ3) is 3.14. The van der Waals surface area contributed by atoms with E-state index in [4.69, 9.17) is 4.74 Å². The van der Waals surface area contributed by atoms with Crippen LogP contribution in [-0.4, -0.2) is 6.54 Å². The summed E-state index contributed by atoms with van der Waals surface area (Å²) in [5.74, 6) is -0.355.